The molecule has 1 atom stereocenters. The number of carbonyl (C=O) groups is 1. The van der Waals surface area contributed by atoms with Gasteiger partial charge in [0.2, 0.25) is 0 Å². The van der Waals surface area contributed by atoms with Gasteiger partial charge in [0, 0.05) is 26.2 Å². The van der Waals surface area contributed by atoms with Crippen molar-refractivity contribution >= 4 is 5.97 Å². The Kier molecular flexibility index (Phi) is 7.02. The second kappa shape index (κ2) is 9.95. The Bertz CT molecular complexity index is 1090. The van der Waals surface area contributed by atoms with Crippen LogP contribution in [0.4, 0.5) is 0 Å². The Hall–Kier alpha value is -2.87. The predicted octanol–water partition coefficient (Wildman–Crippen LogP) is 4.20. The molecule has 178 valence electrons. The zero-order valence-corrected chi connectivity index (χ0v) is 19.6. The van der Waals surface area contributed by atoms with E-state index < -0.39 is 11.5 Å². The highest BCUT2D eigenvalue weighted by atomic mass is 16.5. The predicted molar refractivity (Wildman–Crippen MR) is 124 cm³/mol. The van der Waals surface area contributed by atoms with Crippen LogP contribution in [0.5, 0.6) is 11.6 Å². The maximum atomic E-state index is 13.2. The van der Waals surface area contributed by atoms with Gasteiger partial charge in [-0.3, -0.25) is 4.79 Å². The van der Waals surface area contributed by atoms with Crippen molar-refractivity contribution in [2.24, 2.45) is 0 Å². The quantitative estimate of drug-likeness (QED) is 0.506. The largest absolute Gasteiger partial charge is 0.488 e. The van der Waals surface area contributed by atoms with Crippen LogP contribution in [0, 0.1) is 0 Å². The van der Waals surface area contributed by atoms with Gasteiger partial charge in [0.25, 0.3) is 11.4 Å². The Morgan fingerprint density at radius 1 is 1.21 bits per heavy atom. The molecule has 1 fully saturated rings. The van der Waals surface area contributed by atoms with Gasteiger partial charge in [-0.2, -0.15) is 0 Å². The van der Waals surface area contributed by atoms with Gasteiger partial charge in [-0.15, -0.1) is 0 Å². The number of unbranched alkanes of at least 4 members (excludes halogenated alkanes) is 1. The van der Waals surface area contributed by atoms with Gasteiger partial charge >= 0.3 is 5.97 Å². The fourth-order valence-corrected chi connectivity index (χ4v) is 4.65. The van der Waals surface area contributed by atoms with Crippen molar-refractivity contribution in [1.29, 1.82) is 0 Å². The van der Waals surface area contributed by atoms with Crippen LogP contribution in [-0.2, 0) is 11.2 Å². The summed E-state index contributed by atoms with van der Waals surface area (Å²) in [6.07, 6.45) is 6.18. The molecule has 0 saturated heterocycles. The second-order valence-electron chi connectivity index (χ2n) is 8.82. The topological polar surface area (TPSA) is 99.9 Å². The van der Waals surface area contributed by atoms with E-state index in [1.165, 1.54) is 0 Å². The fourth-order valence-electron chi connectivity index (χ4n) is 4.65. The van der Waals surface area contributed by atoms with Crippen LogP contribution in [0.25, 0.3) is 11.4 Å². The van der Waals surface area contributed by atoms with E-state index in [9.17, 15) is 14.7 Å². The summed E-state index contributed by atoms with van der Waals surface area (Å²) in [5.74, 6) is -0.121. The van der Waals surface area contributed by atoms with Crippen molar-refractivity contribution in [2.45, 2.75) is 63.8 Å². The minimum atomic E-state index is -1.18. The van der Waals surface area contributed by atoms with Gasteiger partial charge in [-0.05, 0) is 54.9 Å². The van der Waals surface area contributed by atoms with Crippen LogP contribution >= 0.6 is 0 Å². The molecule has 1 N–H and O–H groups in total. The number of hydrogen-bond acceptors (Lipinski definition) is 6. The van der Waals surface area contributed by atoms with Gasteiger partial charge in [0.05, 0.1) is 25.1 Å². The summed E-state index contributed by atoms with van der Waals surface area (Å²) < 4.78 is 18.3. The molecule has 0 amide bonds. The third-order valence-corrected chi connectivity index (χ3v) is 6.42. The van der Waals surface area contributed by atoms with E-state index in [1.54, 1.807) is 24.9 Å². The van der Waals surface area contributed by atoms with Crippen molar-refractivity contribution in [1.82, 2.24) is 9.55 Å². The molecule has 0 unspecified atom stereocenters. The summed E-state index contributed by atoms with van der Waals surface area (Å²) in [4.78, 5) is 29.9. The van der Waals surface area contributed by atoms with E-state index in [1.807, 2.05) is 6.07 Å². The zero-order chi connectivity index (χ0) is 23.5. The summed E-state index contributed by atoms with van der Waals surface area (Å²) >= 11 is 0. The first kappa shape index (κ1) is 23.3. The Balaban J connectivity index is 1.87. The molecule has 0 bridgehead atoms. The van der Waals surface area contributed by atoms with Crippen LogP contribution in [0.3, 0.4) is 0 Å². The molecule has 2 aromatic heterocycles. The third kappa shape index (κ3) is 4.62. The highest BCUT2D eigenvalue weighted by Crippen LogP contribution is 2.47. The summed E-state index contributed by atoms with van der Waals surface area (Å²) in [6, 6.07) is 3.58. The Morgan fingerprint density at radius 3 is 2.64 bits per heavy atom. The van der Waals surface area contributed by atoms with Crippen LogP contribution in [0.15, 0.2) is 16.9 Å². The van der Waals surface area contributed by atoms with E-state index in [2.05, 4.69) is 6.92 Å². The lowest BCUT2D eigenvalue weighted by atomic mass is 9.80. The van der Waals surface area contributed by atoms with Crippen LogP contribution in [0.2, 0.25) is 0 Å². The van der Waals surface area contributed by atoms with E-state index >= 15 is 0 Å². The number of fused-ring (bicyclic) bond motifs is 3. The normalized spacial score (nSPS) is 16.8. The molecule has 0 aromatic carbocycles. The lowest BCUT2D eigenvalue weighted by molar-refractivity contribution is 0.0694. The lowest BCUT2D eigenvalue weighted by Crippen LogP contribution is -2.31. The second-order valence-corrected chi connectivity index (χ2v) is 8.82. The SMILES string of the molecule is CCCC[C@@H]1Cc2cc(OCCCOC)c(OC)nc2-c2c1cc(C(=O)O)c(=O)n2C1CC1. The minimum Gasteiger partial charge on any atom is -0.488 e. The number of pyridine rings is 2. The molecule has 2 heterocycles. The van der Waals surface area contributed by atoms with Crippen molar-refractivity contribution in [3.05, 3.63) is 39.2 Å². The first-order valence-corrected chi connectivity index (χ1v) is 11.7. The van der Waals surface area contributed by atoms with Crippen molar-refractivity contribution in [3.63, 3.8) is 0 Å². The van der Waals surface area contributed by atoms with Gasteiger partial charge in [0.1, 0.15) is 5.56 Å². The molecule has 2 aromatic rings. The summed E-state index contributed by atoms with van der Waals surface area (Å²) in [6.45, 7) is 3.23. The number of hydrogen-bond donors (Lipinski definition) is 1. The molecule has 8 heteroatoms. The number of nitrogens with zero attached hydrogens (tertiary/aromatic N) is 2. The van der Waals surface area contributed by atoms with Crippen LogP contribution in [0.1, 0.15) is 78.9 Å². The first-order valence-electron chi connectivity index (χ1n) is 11.7. The molecule has 2 aliphatic carbocycles. The average Bonchev–Trinajstić information content (AvgIpc) is 3.64. The monoisotopic (exact) mass is 456 g/mol. The minimum absolute atomic E-state index is 0.0149. The molecule has 0 aliphatic heterocycles. The van der Waals surface area contributed by atoms with Crippen LogP contribution in [-0.4, -0.2) is 48.1 Å². The van der Waals surface area contributed by atoms with Gasteiger partial charge in [-0.1, -0.05) is 19.8 Å². The molecule has 0 spiro atoms. The van der Waals surface area contributed by atoms with Crippen LogP contribution < -0.4 is 15.0 Å². The van der Waals surface area contributed by atoms with E-state index in [0.717, 1.165) is 61.8 Å². The molecule has 8 nitrogen and oxygen atoms in total. The molecule has 1 saturated carbocycles. The summed E-state index contributed by atoms with van der Waals surface area (Å²) in [7, 11) is 3.20. The lowest BCUT2D eigenvalue weighted by Gasteiger charge is -2.30. The standard InChI is InChI=1S/C25H32N2O6/c1-4-5-7-15-12-16-13-20(33-11-6-10-31-2)23(32-3)26-21(16)22-18(15)14-19(25(29)30)24(28)27(22)17-8-9-17/h13-15,17H,4-12H2,1-3H3,(H,29,30)/t15-/m1/s1. The smallest absolute Gasteiger partial charge is 0.341 e. The highest BCUT2D eigenvalue weighted by Gasteiger charge is 2.37. The van der Waals surface area contributed by atoms with E-state index in [4.69, 9.17) is 19.2 Å². The Morgan fingerprint density at radius 2 is 2.00 bits per heavy atom. The molecule has 0 radical (unpaired) electrons. The van der Waals surface area contributed by atoms with Crippen molar-refractivity contribution in [2.75, 3.05) is 27.4 Å². The number of ether oxygens (including phenoxy) is 3. The van der Waals surface area contributed by atoms with Gasteiger partial charge < -0.3 is 23.9 Å². The fraction of sp³-hybridized carbons (Fsp3) is 0.560. The molecular formula is C25H32N2O6. The maximum Gasteiger partial charge on any atom is 0.341 e. The van der Waals surface area contributed by atoms with Gasteiger partial charge in [0.15, 0.2) is 5.75 Å². The number of methoxy groups -OCH3 is 2. The van der Waals surface area contributed by atoms with Gasteiger partial charge in [-0.25, -0.2) is 9.78 Å². The molecular weight excluding hydrogens is 424 g/mol. The zero-order valence-electron chi connectivity index (χ0n) is 19.6. The number of rotatable bonds is 11. The summed E-state index contributed by atoms with van der Waals surface area (Å²) in [5.41, 5.74) is 2.74. The molecule has 4 rings (SSSR count). The molecule has 2 aliphatic rings. The summed E-state index contributed by atoms with van der Waals surface area (Å²) in [5, 5.41) is 9.72. The van der Waals surface area contributed by atoms with E-state index in [-0.39, 0.29) is 17.5 Å². The first-order chi connectivity index (χ1) is 16.0. The van der Waals surface area contributed by atoms with Crippen molar-refractivity contribution < 1.29 is 24.1 Å². The third-order valence-electron chi connectivity index (χ3n) is 6.42. The molecule has 33 heavy (non-hydrogen) atoms. The number of carboxylic acid groups (broad SMARTS) is 1. The maximum absolute atomic E-state index is 13.2. The van der Waals surface area contributed by atoms with E-state index in [0.29, 0.717) is 30.5 Å². The number of aromatic carboxylic acids is 1. The highest BCUT2D eigenvalue weighted by molar-refractivity contribution is 5.88. The Labute approximate surface area is 193 Å². The average molecular weight is 457 g/mol. The van der Waals surface area contributed by atoms with Crippen molar-refractivity contribution in [3.8, 4) is 23.0 Å². The number of carboxylic acids is 1. The number of aromatic nitrogens is 2.